The van der Waals surface area contributed by atoms with Crippen molar-refractivity contribution in [1.82, 2.24) is 0 Å². The average Bonchev–Trinajstić information content (AvgIpc) is 2.37. The van der Waals surface area contributed by atoms with E-state index in [9.17, 15) is 0 Å². The number of nitrogens with zero attached hydrogens (tertiary/aromatic N) is 1. The molecule has 0 saturated carbocycles. The highest BCUT2D eigenvalue weighted by molar-refractivity contribution is 5.61. The quantitative estimate of drug-likeness (QED) is 0.752. The molecule has 1 aromatic rings. The second-order valence-electron chi connectivity index (χ2n) is 4.16. The molecule has 0 aliphatic carbocycles. The zero-order valence-corrected chi connectivity index (χ0v) is 11.2. The van der Waals surface area contributed by atoms with Gasteiger partial charge in [-0.25, -0.2) is 0 Å². The summed E-state index contributed by atoms with van der Waals surface area (Å²) in [6.45, 7) is 11.0. The number of hydrogen-bond donors (Lipinski definition) is 1. The fraction of sp³-hybridized carbons (Fsp3) is 0.333. The van der Waals surface area contributed by atoms with E-state index in [2.05, 4.69) is 18.1 Å². The van der Waals surface area contributed by atoms with Crippen molar-refractivity contribution < 1.29 is 4.74 Å². The Morgan fingerprint density at radius 3 is 2.39 bits per heavy atom. The van der Waals surface area contributed by atoms with E-state index in [0.717, 1.165) is 30.1 Å². The normalized spacial score (nSPS) is 11.7. The van der Waals surface area contributed by atoms with Gasteiger partial charge in [-0.2, -0.15) is 0 Å². The van der Waals surface area contributed by atoms with Gasteiger partial charge in [0.05, 0.1) is 7.11 Å². The molecule has 0 heterocycles. The van der Waals surface area contributed by atoms with Crippen LogP contribution in [-0.2, 0) is 0 Å². The Morgan fingerprint density at radius 2 is 1.94 bits per heavy atom. The van der Waals surface area contributed by atoms with Gasteiger partial charge in [-0.05, 0) is 19.1 Å². The minimum Gasteiger partial charge on any atom is -0.496 e. The zero-order valence-electron chi connectivity index (χ0n) is 11.2. The fourth-order valence-electron chi connectivity index (χ4n) is 2.03. The predicted octanol–water partition coefficient (Wildman–Crippen LogP) is 2.89. The lowest BCUT2D eigenvalue weighted by Gasteiger charge is -2.27. The van der Waals surface area contributed by atoms with Gasteiger partial charge in [-0.3, -0.25) is 0 Å². The molecule has 0 spiro atoms. The van der Waals surface area contributed by atoms with E-state index in [0.29, 0.717) is 0 Å². The van der Waals surface area contributed by atoms with E-state index >= 15 is 0 Å². The molecule has 1 aromatic carbocycles. The van der Waals surface area contributed by atoms with Crippen molar-refractivity contribution in [1.29, 1.82) is 0 Å². The Hall–Kier alpha value is -1.74. The number of methoxy groups -OCH3 is 1. The van der Waals surface area contributed by atoms with Crippen LogP contribution in [0.3, 0.4) is 0 Å². The molecule has 98 valence electrons. The second-order valence-corrected chi connectivity index (χ2v) is 4.16. The number of anilines is 1. The Kier molecular flexibility index (Phi) is 5.46. The molecule has 0 aromatic heterocycles. The SMILES string of the molecule is C=CCN(CC=C)c1cccc(OC)c1[C@H](C)N. The Bertz CT molecular complexity index is 403. The first-order valence-electron chi connectivity index (χ1n) is 6.04. The molecule has 18 heavy (non-hydrogen) atoms. The molecule has 0 saturated heterocycles. The van der Waals surface area contributed by atoms with Crippen LogP contribution in [0, 0.1) is 0 Å². The topological polar surface area (TPSA) is 38.5 Å². The molecule has 3 heteroatoms. The monoisotopic (exact) mass is 246 g/mol. The van der Waals surface area contributed by atoms with Crippen molar-refractivity contribution in [2.45, 2.75) is 13.0 Å². The summed E-state index contributed by atoms with van der Waals surface area (Å²) in [5.41, 5.74) is 8.15. The molecule has 0 radical (unpaired) electrons. The van der Waals surface area contributed by atoms with Crippen molar-refractivity contribution in [3.8, 4) is 5.75 Å². The van der Waals surface area contributed by atoms with Crippen molar-refractivity contribution in [3.05, 3.63) is 49.1 Å². The second kappa shape index (κ2) is 6.87. The summed E-state index contributed by atoms with van der Waals surface area (Å²) in [5, 5.41) is 0. The summed E-state index contributed by atoms with van der Waals surface area (Å²) >= 11 is 0. The minimum atomic E-state index is -0.0896. The molecule has 1 atom stereocenters. The third-order valence-electron chi connectivity index (χ3n) is 2.76. The number of benzene rings is 1. The average molecular weight is 246 g/mol. The number of nitrogens with two attached hydrogens (primary N) is 1. The lowest BCUT2D eigenvalue weighted by Crippen LogP contribution is -2.25. The molecular formula is C15H22N2O. The van der Waals surface area contributed by atoms with Crippen molar-refractivity contribution in [2.75, 3.05) is 25.1 Å². The van der Waals surface area contributed by atoms with Gasteiger partial charge in [0.15, 0.2) is 0 Å². The van der Waals surface area contributed by atoms with Gasteiger partial charge in [-0.1, -0.05) is 18.2 Å². The van der Waals surface area contributed by atoms with E-state index in [-0.39, 0.29) is 6.04 Å². The Morgan fingerprint density at radius 1 is 1.33 bits per heavy atom. The smallest absolute Gasteiger partial charge is 0.125 e. The molecule has 3 nitrogen and oxygen atoms in total. The fourth-order valence-corrected chi connectivity index (χ4v) is 2.03. The van der Waals surface area contributed by atoms with E-state index in [4.69, 9.17) is 10.5 Å². The molecule has 0 bridgehead atoms. The van der Waals surface area contributed by atoms with Crippen molar-refractivity contribution >= 4 is 5.69 Å². The van der Waals surface area contributed by atoms with Gasteiger partial charge in [0.25, 0.3) is 0 Å². The molecule has 1 rings (SSSR count). The number of rotatable bonds is 7. The van der Waals surface area contributed by atoms with Crippen LogP contribution in [0.15, 0.2) is 43.5 Å². The van der Waals surface area contributed by atoms with Crippen LogP contribution in [0.1, 0.15) is 18.5 Å². The highest BCUT2D eigenvalue weighted by Crippen LogP contribution is 2.33. The van der Waals surface area contributed by atoms with Gasteiger partial charge in [0.2, 0.25) is 0 Å². The molecule has 0 aliphatic rings. The van der Waals surface area contributed by atoms with Crippen LogP contribution in [0.4, 0.5) is 5.69 Å². The summed E-state index contributed by atoms with van der Waals surface area (Å²) in [5.74, 6) is 0.820. The van der Waals surface area contributed by atoms with E-state index < -0.39 is 0 Å². The van der Waals surface area contributed by atoms with E-state index in [1.165, 1.54) is 0 Å². The van der Waals surface area contributed by atoms with E-state index in [1.54, 1.807) is 7.11 Å². The maximum Gasteiger partial charge on any atom is 0.125 e. The number of hydrogen-bond acceptors (Lipinski definition) is 3. The zero-order chi connectivity index (χ0) is 13.5. The minimum absolute atomic E-state index is 0.0896. The van der Waals surface area contributed by atoms with Gasteiger partial charge >= 0.3 is 0 Å². The highest BCUT2D eigenvalue weighted by Gasteiger charge is 2.16. The Balaban J connectivity index is 3.26. The van der Waals surface area contributed by atoms with Crippen LogP contribution in [0.5, 0.6) is 5.75 Å². The number of ether oxygens (including phenoxy) is 1. The Labute approximate surface area is 110 Å². The van der Waals surface area contributed by atoms with Gasteiger partial charge in [-0.15, -0.1) is 13.2 Å². The molecule has 0 amide bonds. The molecule has 0 unspecified atom stereocenters. The van der Waals surface area contributed by atoms with Crippen LogP contribution >= 0.6 is 0 Å². The standard InChI is InChI=1S/C15H22N2O/c1-5-10-17(11-6-2)13-8-7-9-14(18-4)15(13)12(3)16/h5-9,12H,1-2,10-11,16H2,3-4H3/t12-/m0/s1. The van der Waals surface area contributed by atoms with Gasteiger partial charge < -0.3 is 15.4 Å². The molecule has 0 fully saturated rings. The third kappa shape index (κ3) is 3.14. The summed E-state index contributed by atoms with van der Waals surface area (Å²) in [4.78, 5) is 2.17. The molecule has 0 aliphatic heterocycles. The summed E-state index contributed by atoms with van der Waals surface area (Å²) in [6, 6.07) is 5.86. The third-order valence-corrected chi connectivity index (χ3v) is 2.76. The van der Waals surface area contributed by atoms with Crippen LogP contribution < -0.4 is 15.4 Å². The summed E-state index contributed by atoms with van der Waals surface area (Å²) in [7, 11) is 1.66. The first-order chi connectivity index (χ1) is 8.65. The van der Waals surface area contributed by atoms with Crippen LogP contribution in [0.2, 0.25) is 0 Å². The summed E-state index contributed by atoms with van der Waals surface area (Å²) in [6.07, 6.45) is 3.74. The van der Waals surface area contributed by atoms with Gasteiger partial charge in [0, 0.05) is 30.4 Å². The van der Waals surface area contributed by atoms with Gasteiger partial charge in [0.1, 0.15) is 5.75 Å². The maximum absolute atomic E-state index is 6.06. The van der Waals surface area contributed by atoms with Crippen LogP contribution in [-0.4, -0.2) is 20.2 Å². The highest BCUT2D eigenvalue weighted by atomic mass is 16.5. The lowest BCUT2D eigenvalue weighted by atomic mass is 10.0. The lowest BCUT2D eigenvalue weighted by molar-refractivity contribution is 0.407. The first-order valence-corrected chi connectivity index (χ1v) is 6.04. The van der Waals surface area contributed by atoms with E-state index in [1.807, 2.05) is 37.3 Å². The summed E-state index contributed by atoms with van der Waals surface area (Å²) < 4.78 is 5.40. The van der Waals surface area contributed by atoms with Crippen LogP contribution in [0.25, 0.3) is 0 Å². The molecule has 2 N–H and O–H groups in total. The maximum atomic E-state index is 6.06. The predicted molar refractivity (Wildman–Crippen MR) is 78.2 cm³/mol. The van der Waals surface area contributed by atoms with Crippen molar-refractivity contribution in [3.63, 3.8) is 0 Å². The first kappa shape index (κ1) is 14.3. The van der Waals surface area contributed by atoms with Crippen molar-refractivity contribution in [2.24, 2.45) is 5.73 Å². The molecular weight excluding hydrogens is 224 g/mol. The largest absolute Gasteiger partial charge is 0.496 e.